The van der Waals surface area contributed by atoms with E-state index in [4.69, 9.17) is 9.47 Å². The Kier molecular flexibility index (Phi) is 6.40. The third-order valence-corrected chi connectivity index (χ3v) is 4.07. The van der Waals surface area contributed by atoms with E-state index >= 15 is 0 Å². The minimum atomic E-state index is -4.15. The second-order valence-electron chi connectivity index (χ2n) is 8.57. The summed E-state index contributed by atoms with van der Waals surface area (Å²) >= 11 is 0. The number of nitrogens with one attached hydrogen (secondary N) is 1. The van der Waals surface area contributed by atoms with Crippen LogP contribution in [0.15, 0.2) is 0 Å². The summed E-state index contributed by atoms with van der Waals surface area (Å²) in [5, 5.41) is 0. The number of ether oxygens (including phenoxy) is 2. The summed E-state index contributed by atoms with van der Waals surface area (Å²) in [6.07, 6.45) is -5.88. The number of sulfonamides is 1. The Balaban J connectivity index is 3.46. The van der Waals surface area contributed by atoms with Crippen molar-refractivity contribution in [1.82, 2.24) is 9.62 Å². The lowest BCUT2D eigenvalue weighted by molar-refractivity contribution is -0.127. The van der Waals surface area contributed by atoms with Gasteiger partial charge < -0.3 is 9.47 Å². The van der Waals surface area contributed by atoms with Crippen molar-refractivity contribution in [2.75, 3.05) is 6.26 Å². The van der Waals surface area contributed by atoms with Crippen LogP contribution in [0.25, 0.3) is 0 Å². The van der Waals surface area contributed by atoms with Crippen molar-refractivity contribution in [2.24, 2.45) is 5.92 Å². The van der Waals surface area contributed by atoms with Crippen molar-refractivity contribution in [3.63, 3.8) is 0 Å². The molecule has 0 unspecified atom stereocenters. The molecule has 1 saturated carbocycles. The zero-order valence-electron chi connectivity index (χ0n) is 16.8. The Labute approximate surface area is 162 Å². The summed E-state index contributed by atoms with van der Waals surface area (Å²) < 4.78 is 61.4. The summed E-state index contributed by atoms with van der Waals surface area (Å²) in [6, 6.07) is 0. The van der Waals surface area contributed by atoms with E-state index in [0.29, 0.717) is 6.26 Å². The summed E-state index contributed by atoms with van der Waals surface area (Å²) in [5.74, 6) is -3.20. The van der Waals surface area contributed by atoms with E-state index in [9.17, 15) is 31.6 Å². The van der Waals surface area contributed by atoms with Gasteiger partial charge in [-0.05, 0) is 48.0 Å². The van der Waals surface area contributed by atoms with Gasteiger partial charge >= 0.3 is 12.2 Å². The molecule has 0 bridgehead atoms. The molecule has 0 radical (unpaired) electrons. The highest BCUT2D eigenvalue weighted by molar-refractivity contribution is 7.89. The Morgan fingerprint density at radius 3 is 1.68 bits per heavy atom. The number of amides is 3. The molecule has 162 valence electrons. The van der Waals surface area contributed by atoms with Crippen LogP contribution in [0.2, 0.25) is 0 Å². The zero-order chi connectivity index (χ0) is 22.3. The molecule has 0 heterocycles. The first kappa shape index (κ1) is 24.1. The normalized spacial score (nSPS) is 22.4. The average Bonchev–Trinajstić information content (AvgIpc) is 3.08. The lowest BCUT2D eigenvalue weighted by atomic mass is 10.1. The monoisotopic (exact) mass is 428 g/mol. The molecule has 1 rings (SSSR count). The third kappa shape index (κ3) is 6.01. The van der Waals surface area contributed by atoms with Gasteiger partial charge in [-0.2, -0.15) is 4.90 Å². The quantitative estimate of drug-likeness (QED) is 0.729. The van der Waals surface area contributed by atoms with Gasteiger partial charge in [0.15, 0.2) is 0 Å². The predicted octanol–water partition coefficient (Wildman–Crippen LogP) is 2.26. The first-order valence-corrected chi connectivity index (χ1v) is 10.3. The van der Waals surface area contributed by atoms with E-state index in [1.807, 2.05) is 0 Å². The van der Waals surface area contributed by atoms with Gasteiger partial charge in [-0.1, -0.05) is 0 Å². The number of carbonyl (C=O) groups excluding carboxylic acids is 3. The third-order valence-electron chi connectivity index (χ3n) is 3.51. The number of hydrogen-bond donors (Lipinski definition) is 1. The van der Waals surface area contributed by atoms with Crippen molar-refractivity contribution < 1.29 is 41.1 Å². The van der Waals surface area contributed by atoms with Crippen molar-refractivity contribution >= 4 is 28.1 Å². The van der Waals surface area contributed by atoms with Crippen LogP contribution in [0.4, 0.5) is 18.4 Å². The summed E-state index contributed by atoms with van der Waals surface area (Å²) in [6.45, 7) is 8.83. The molecule has 0 spiro atoms. The molecule has 1 aliphatic rings. The minimum absolute atomic E-state index is 0.154. The maximum absolute atomic E-state index is 13.4. The molecule has 1 fully saturated rings. The number of imide groups is 1. The van der Waals surface area contributed by atoms with E-state index < -0.39 is 63.6 Å². The molecule has 28 heavy (non-hydrogen) atoms. The second kappa shape index (κ2) is 7.45. The smallest absolute Gasteiger partial charge is 0.420 e. The lowest BCUT2D eigenvalue weighted by Crippen LogP contribution is -2.58. The second-order valence-corrected chi connectivity index (χ2v) is 10.3. The van der Waals surface area contributed by atoms with Crippen LogP contribution in [0, 0.1) is 5.92 Å². The Morgan fingerprint density at radius 2 is 1.43 bits per heavy atom. The molecule has 9 nitrogen and oxygen atoms in total. The summed E-state index contributed by atoms with van der Waals surface area (Å²) in [4.78, 5) is 38.0. The fourth-order valence-corrected chi connectivity index (χ4v) is 2.98. The molecule has 2 atom stereocenters. The number of alkyl halides is 2. The van der Waals surface area contributed by atoms with Crippen molar-refractivity contribution in [3.8, 4) is 0 Å². The molecule has 0 aromatic rings. The predicted molar refractivity (Wildman–Crippen MR) is 94.1 cm³/mol. The minimum Gasteiger partial charge on any atom is -0.443 e. The van der Waals surface area contributed by atoms with Crippen LogP contribution < -0.4 is 4.72 Å². The van der Waals surface area contributed by atoms with E-state index in [1.165, 1.54) is 41.5 Å². The van der Waals surface area contributed by atoms with Gasteiger partial charge in [0.25, 0.3) is 5.91 Å². The standard InChI is InChI=1S/C16H26F2N2O7S/c1-14(2,3)26-12(22)20(13(23)27-15(4,5)6)16(8-9(16)10(17)18)11(21)19-28(7,24)25/h9-10H,8H2,1-7H3,(H,19,21)/t9-,16+/m0/s1. The number of halogens is 2. The SMILES string of the molecule is CC(C)(C)OC(=O)N(C(=O)OC(C)(C)C)[C@]1(C(=O)NS(C)(=O)=O)C[C@H]1C(F)F. The van der Waals surface area contributed by atoms with Crippen LogP contribution in [0.3, 0.4) is 0 Å². The molecular weight excluding hydrogens is 402 g/mol. The molecule has 0 aromatic heterocycles. The number of hydrogen-bond acceptors (Lipinski definition) is 7. The van der Waals surface area contributed by atoms with Crippen LogP contribution in [-0.2, 0) is 24.3 Å². The van der Waals surface area contributed by atoms with Gasteiger partial charge in [-0.25, -0.2) is 26.8 Å². The molecule has 3 amide bonds. The van der Waals surface area contributed by atoms with Crippen molar-refractivity contribution in [3.05, 3.63) is 0 Å². The fourth-order valence-electron chi connectivity index (χ4n) is 2.47. The van der Waals surface area contributed by atoms with Gasteiger partial charge in [0.2, 0.25) is 16.4 Å². The Hall–Kier alpha value is -1.98. The largest absolute Gasteiger partial charge is 0.443 e. The molecule has 1 aliphatic carbocycles. The molecule has 0 saturated heterocycles. The molecule has 0 aromatic carbocycles. The van der Waals surface area contributed by atoms with Crippen LogP contribution in [0.5, 0.6) is 0 Å². The molecule has 0 aliphatic heterocycles. The van der Waals surface area contributed by atoms with Gasteiger partial charge in [-0.15, -0.1) is 0 Å². The van der Waals surface area contributed by atoms with Gasteiger partial charge in [0.1, 0.15) is 16.7 Å². The highest BCUT2D eigenvalue weighted by Crippen LogP contribution is 2.53. The highest BCUT2D eigenvalue weighted by Gasteiger charge is 2.72. The van der Waals surface area contributed by atoms with Gasteiger partial charge in [0.05, 0.1) is 12.2 Å². The first-order valence-electron chi connectivity index (χ1n) is 8.37. The van der Waals surface area contributed by atoms with E-state index in [-0.39, 0.29) is 4.90 Å². The van der Waals surface area contributed by atoms with Crippen molar-refractivity contribution in [2.45, 2.75) is 71.1 Å². The Morgan fingerprint density at radius 1 is 1.04 bits per heavy atom. The summed E-state index contributed by atoms with van der Waals surface area (Å²) in [7, 11) is -4.15. The van der Waals surface area contributed by atoms with Crippen LogP contribution in [0.1, 0.15) is 48.0 Å². The van der Waals surface area contributed by atoms with E-state index in [2.05, 4.69) is 0 Å². The molecule has 12 heteroatoms. The topological polar surface area (TPSA) is 119 Å². The van der Waals surface area contributed by atoms with E-state index in [0.717, 1.165) is 0 Å². The lowest BCUT2D eigenvalue weighted by Gasteiger charge is -2.33. The fraction of sp³-hybridized carbons (Fsp3) is 0.812. The van der Waals surface area contributed by atoms with Crippen LogP contribution >= 0.6 is 0 Å². The highest BCUT2D eigenvalue weighted by atomic mass is 32.2. The average molecular weight is 428 g/mol. The Bertz CT molecular complexity index is 728. The first-order chi connectivity index (χ1) is 12.3. The maximum atomic E-state index is 13.4. The zero-order valence-corrected chi connectivity index (χ0v) is 17.6. The number of rotatable bonds is 4. The number of nitrogens with zero attached hydrogens (tertiary/aromatic N) is 1. The number of carbonyl (C=O) groups is 3. The van der Waals surface area contributed by atoms with Crippen molar-refractivity contribution in [1.29, 1.82) is 0 Å². The molecular formula is C16H26F2N2O7S. The van der Waals surface area contributed by atoms with Gasteiger partial charge in [-0.3, -0.25) is 9.52 Å². The maximum Gasteiger partial charge on any atom is 0.420 e. The van der Waals surface area contributed by atoms with Crippen LogP contribution in [-0.4, -0.2) is 60.8 Å². The molecule has 1 N–H and O–H groups in total. The van der Waals surface area contributed by atoms with Gasteiger partial charge in [0, 0.05) is 0 Å². The summed E-state index contributed by atoms with van der Waals surface area (Å²) in [5.41, 5.74) is -4.69. The van der Waals surface area contributed by atoms with E-state index in [1.54, 1.807) is 4.72 Å².